The number of nitrogens with one attached hydrogen (secondary N) is 2. The number of carboxylic acid groups (broad SMARTS) is 2. The second-order valence-electron chi connectivity index (χ2n) is 12.5. The first-order chi connectivity index (χ1) is 22.1. The number of carboxylic acids is 2. The minimum Gasteiger partial charge on any atom is -0.478 e. The van der Waals surface area contributed by atoms with Gasteiger partial charge in [0.2, 0.25) is 0 Å². The van der Waals surface area contributed by atoms with Crippen LogP contribution in [0.3, 0.4) is 0 Å². The highest BCUT2D eigenvalue weighted by molar-refractivity contribution is 5.86. The molecule has 2 aliphatic rings. The van der Waals surface area contributed by atoms with E-state index in [0.29, 0.717) is 26.3 Å². The quantitative estimate of drug-likeness (QED) is 0.0853. The molecule has 2 saturated carbocycles. The molecule has 0 aromatic rings. The first kappa shape index (κ1) is 39.1. The van der Waals surface area contributed by atoms with E-state index < -0.39 is 24.1 Å². The standard InChI is InChI=1S/C34H56N2O10/c1-25(31(37)38)19-27(21-43-29-13-7-5-8-14-29)23-45-33(41)35-17-11-3-4-12-18-36-34(42)46-24-28(20-26(2)32(39)40)22-44-30-15-9-6-10-16-30/h19-20,27-30H,3-18,21-24H2,1-2H3,(H,35,41)(H,36,42)(H,37,38)(H,39,40). The molecule has 2 rings (SSSR count). The number of amides is 2. The molecule has 4 N–H and O–H groups in total. The number of ether oxygens (including phenoxy) is 4. The molecule has 12 heteroatoms. The highest BCUT2D eigenvalue weighted by Gasteiger charge is 2.19. The lowest BCUT2D eigenvalue weighted by Crippen LogP contribution is -2.29. The van der Waals surface area contributed by atoms with Crippen molar-refractivity contribution >= 4 is 24.1 Å². The number of alkyl carbamates (subject to hydrolysis) is 2. The summed E-state index contributed by atoms with van der Waals surface area (Å²) in [5, 5.41) is 23.9. The van der Waals surface area contributed by atoms with Gasteiger partial charge in [0.15, 0.2) is 0 Å². The van der Waals surface area contributed by atoms with Crippen molar-refractivity contribution in [2.75, 3.05) is 39.5 Å². The molecule has 0 aromatic heterocycles. The van der Waals surface area contributed by atoms with Crippen LogP contribution in [-0.2, 0) is 28.5 Å². The smallest absolute Gasteiger partial charge is 0.407 e. The summed E-state index contributed by atoms with van der Waals surface area (Å²) in [6.45, 7) is 4.60. The molecular formula is C34H56N2O10. The Balaban J connectivity index is 1.57. The van der Waals surface area contributed by atoms with Crippen molar-refractivity contribution in [3.05, 3.63) is 23.3 Å². The van der Waals surface area contributed by atoms with Crippen LogP contribution in [0.4, 0.5) is 9.59 Å². The maximum absolute atomic E-state index is 12.2. The predicted octanol–water partition coefficient (Wildman–Crippen LogP) is 5.99. The van der Waals surface area contributed by atoms with Gasteiger partial charge in [-0.1, -0.05) is 63.5 Å². The molecule has 262 valence electrons. The van der Waals surface area contributed by atoms with E-state index in [9.17, 15) is 29.4 Å². The fourth-order valence-electron chi connectivity index (χ4n) is 5.57. The molecule has 2 aliphatic carbocycles. The van der Waals surface area contributed by atoms with E-state index in [0.717, 1.165) is 77.0 Å². The van der Waals surface area contributed by atoms with Gasteiger partial charge < -0.3 is 39.8 Å². The van der Waals surface area contributed by atoms with Crippen molar-refractivity contribution in [3.8, 4) is 0 Å². The Morgan fingerprint density at radius 2 is 0.978 bits per heavy atom. The number of rotatable bonds is 21. The lowest BCUT2D eigenvalue weighted by molar-refractivity contribution is -0.133. The molecule has 0 aromatic carbocycles. The Bertz CT molecular complexity index is 908. The first-order valence-electron chi connectivity index (χ1n) is 17.0. The molecule has 0 saturated heterocycles. The van der Waals surface area contributed by atoms with Gasteiger partial charge >= 0.3 is 24.1 Å². The van der Waals surface area contributed by atoms with Crippen LogP contribution >= 0.6 is 0 Å². The monoisotopic (exact) mass is 652 g/mol. The number of aliphatic carboxylic acids is 2. The van der Waals surface area contributed by atoms with E-state index >= 15 is 0 Å². The first-order valence-corrected chi connectivity index (χ1v) is 17.0. The van der Waals surface area contributed by atoms with Crippen LogP contribution in [0.15, 0.2) is 23.3 Å². The Morgan fingerprint density at radius 3 is 1.33 bits per heavy atom. The molecule has 12 nitrogen and oxygen atoms in total. The Hall–Kier alpha value is -3.12. The largest absolute Gasteiger partial charge is 0.478 e. The van der Waals surface area contributed by atoms with Gasteiger partial charge in [-0.25, -0.2) is 19.2 Å². The van der Waals surface area contributed by atoms with E-state index in [2.05, 4.69) is 10.6 Å². The number of carbonyl (C=O) groups is 4. The van der Waals surface area contributed by atoms with Gasteiger partial charge in [-0.05, 0) is 52.4 Å². The maximum Gasteiger partial charge on any atom is 0.407 e. The topological polar surface area (TPSA) is 170 Å². The van der Waals surface area contributed by atoms with Crippen molar-refractivity contribution in [2.24, 2.45) is 11.8 Å². The number of unbranched alkanes of at least 4 members (excludes halogenated alkanes) is 3. The van der Waals surface area contributed by atoms with Crippen LogP contribution in [0.2, 0.25) is 0 Å². The zero-order chi connectivity index (χ0) is 33.6. The fraction of sp³-hybridized carbons (Fsp3) is 0.765. The van der Waals surface area contributed by atoms with E-state index in [-0.39, 0.29) is 48.4 Å². The van der Waals surface area contributed by atoms with Crippen molar-refractivity contribution in [1.29, 1.82) is 0 Å². The Kier molecular flexibility index (Phi) is 19.7. The summed E-state index contributed by atoms with van der Waals surface area (Å²) in [6, 6.07) is 0. The van der Waals surface area contributed by atoms with Gasteiger partial charge in [-0.2, -0.15) is 0 Å². The van der Waals surface area contributed by atoms with Gasteiger partial charge in [0.1, 0.15) is 13.2 Å². The third-order valence-corrected chi connectivity index (χ3v) is 8.34. The van der Waals surface area contributed by atoms with Crippen LogP contribution in [0.25, 0.3) is 0 Å². The van der Waals surface area contributed by atoms with E-state index in [1.54, 1.807) is 12.2 Å². The second-order valence-corrected chi connectivity index (χ2v) is 12.5. The van der Waals surface area contributed by atoms with Crippen molar-refractivity contribution < 1.29 is 48.3 Å². The van der Waals surface area contributed by atoms with Crippen LogP contribution in [0.5, 0.6) is 0 Å². The van der Waals surface area contributed by atoms with Crippen molar-refractivity contribution in [2.45, 2.75) is 116 Å². The normalized spacial score (nSPS) is 18.0. The molecule has 2 amide bonds. The Labute approximate surface area is 273 Å². The predicted molar refractivity (Wildman–Crippen MR) is 173 cm³/mol. The molecule has 0 bridgehead atoms. The molecular weight excluding hydrogens is 596 g/mol. The minimum atomic E-state index is -1.01. The Morgan fingerprint density at radius 1 is 0.609 bits per heavy atom. The average Bonchev–Trinajstić information content (AvgIpc) is 3.05. The zero-order valence-electron chi connectivity index (χ0n) is 27.8. The van der Waals surface area contributed by atoms with Crippen LogP contribution in [0, 0.1) is 11.8 Å². The van der Waals surface area contributed by atoms with Gasteiger partial charge in [0.05, 0.1) is 25.4 Å². The molecule has 2 fully saturated rings. The summed E-state index contributed by atoms with van der Waals surface area (Å²) >= 11 is 0. The van der Waals surface area contributed by atoms with Crippen molar-refractivity contribution in [3.63, 3.8) is 0 Å². The summed E-state index contributed by atoms with van der Waals surface area (Å²) in [5.41, 5.74) is 0.381. The molecule has 0 heterocycles. The van der Waals surface area contributed by atoms with Crippen LogP contribution < -0.4 is 10.6 Å². The summed E-state index contributed by atoms with van der Waals surface area (Å²) in [6.07, 6.45) is 16.5. The number of carbonyl (C=O) groups excluding carboxylic acids is 2. The van der Waals surface area contributed by atoms with Crippen LogP contribution in [0.1, 0.15) is 104 Å². The molecule has 2 atom stereocenters. The number of hydrogen-bond donors (Lipinski definition) is 4. The zero-order valence-corrected chi connectivity index (χ0v) is 27.8. The third-order valence-electron chi connectivity index (χ3n) is 8.34. The highest BCUT2D eigenvalue weighted by Crippen LogP contribution is 2.22. The van der Waals surface area contributed by atoms with E-state index in [1.165, 1.54) is 26.7 Å². The summed E-state index contributed by atoms with van der Waals surface area (Å²) < 4.78 is 22.7. The maximum atomic E-state index is 12.2. The van der Waals surface area contributed by atoms with Gasteiger partial charge in [0, 0.05) is 36.1 Å². The highest BCUT2D eigenvalue weighted by atomic mass is 16.6. The average molecular weight is 653 g/mol. The lowest BCUT2D eigenvalue weighted by atomic mass is 9.97. The number of hydrogen-bond acceptors (Lipinski definition) is 8. The summed E-state index contributed by atoms with van der Waals surface area (Å²) in [4.78, 5) is 46.9. The van der Waals surface area contributed by atoms with E-state index in [1.807, 2.05) is 0 Å². The lowest BCUT2D eigenvalue weighted by Gasteiger charge is -2.24. The molecule has 2 unspecified atom stereocenters. The summed E-state index contributed by atoms with van der Waals surface area (Å²) in [5.74, 6) is -2.70. The third kappa shape index (κ3) is 18.1. The fourth-order valence-corrected chi connectivity index (χ4v) is 5.57. The molecule has 46 heavy (non-hydrogen) atoms. The second kappa shape index (κ2) is 23.2. The summed E-state index contributed by atoms with van der Waals surface area (Å²) in [7, 11) is 0. The molecule has 0 aliphatic heterocycles. The SMILES string of the molecule is CC(=CC(COC(=O)NCCCCCCNC(=O)OCC(C=C(C)C(=O)O)COC1CCCCC1)COC1CCCCC1)C(=O)O. The van der Waals surface area contributed by atoms with Gasteiger partial charge in [-0.3, -0.25) is 0 Å². The van der Waals surface area contributed by atoms with Crippen LogP contribution in [-0.4, -0.2) is 86.1 Å². The molecule has 0 radical (unpaired) electrons. The van der Waals surface area contributed by atoms with Gasteiger partial charge in [0.25, 0.3) is 0 Å². The van der Waals surface area contributed by atoms with E-state index in [4.69, 9.17) is 18.9 Å². The van der Waals surface area contributed by atoms with Crippen molar-refractivity contribution in [1.82, 2.24) is 10.6 Å². The van der Waals surface area contributed by atoms with Gasteiger partial charge in [-0.15, -0.1) is 0 Å². The minimum absolute atomic E-state index is 0.0364. The molecule has 0 spiro atoms.